The van der Waals surface area contributed by atoms with Crippen LogP contribution in [0.5, 0.6) is 0 Å². The fourth-order valence-corrected chi connectivity index (χ4v) is 14.0. The Morgan fingerprint density at radius 1 is 0.291 bits per heavy atom. The number of hydrogen-bond donors (Lipinski definition) is 0. The molecule has 0 radical (unpaired) electrons. The first kappa shape index (κ1) is 71.9. The van der Waals surface area contributed by atoms with Crippen molar-refractivity contribution in [1.29, 1.82) is 0 Å². The number of halogens is 2. The van der Waals surface area contributed by atoms with Crippen molar-refractivity contribution >= 4 is 145 Å². The van der Waals surface area contributed by atoms with Gasteiger partial charge in [-0.15, -0.1) is 47.2 Å². The molecule has 0 amide bonds. The van der Waals surface area contributed by atoms with E-state index in [1.807, 2.05) is 60.7 Å². The molecule has 0 aliphatic rings. The molecular weight excluding hydrogens is 1540 g/mol. The van der Waals surface area contributed by atoms with Crippen molar-refractivity contribution in [3.63, 3.8) is 0 Å². The molecular formula is C97H68F2IrN8O2+. The van der Waals surface area contributed by atoms with Crippen molar-refractivity contribution < 1.29 is 38.5 Å². The van der Waals surface area contributed by atoms with Crippen LogP contribution in [0, 0.1) is 23.8 Å². The fourth-order valence-electron chi connectivity index (χ4n) is 14.0. The molecule has 18 aromatic rings. The summed E-state index contributed by atoms with van der Waals surface area (Å²) < 4.78 is 27.7. The predicted octanol–water partition coefficient (Wildman–Crippen LogP) is 25.5. The van der Waals surface area contributed by atoms with Gasteiger partial charge in [-0.2, -0.15) is 0 Å². The van der Waals surface area contributed by atoms with Gasteiger partial charge in [-0.1, -0.05) is 168 Å². The second kappa shape index (κ2) is 32.6. The smallest absolute Gasteiger partial charge is 0.352 e. The van der Waals surface area contributed by atoms with Gasteiger partial charge >= 0.3 is 20.1 Å². The summed E-state index contributed by atoms with van der Waals surface area (Å²) in [6.07, 6.45) is 3.62. The van der Waals surface area contributed by atoms with Crippen molar-refractivity contribution in [1.82, 2.24) is 19.9 Å². The minimum Gasteiger partial charge on any atom is -0.352 e. The summed E-state index contributed by atoms with van der Waals surface area (Å²) in [7, 11) is 0. The van der Waals surface area contributed by atoms with E-state index in [-0.39, 0.29) is 49.7 Å². The molecule has 0 N–H and O–H groups in total. The van der Waals surface area contributed by atoms with Crippen LogP contribution >= 0.6 is 0 Å². The summed E-state index contributed by atoms with van der Waals surface area (Å²) in [5.74, 6) is -0.702. The number of para-hydroxylation sites is 8. The summed E-state index contributed by atoms with van der Waals surface area (Å²) >= 11 is 0. The number of fused-ring (bicyclic) bond motifs is 12. The van der Waals surface area contributed by atoms with Crippen LogP contribution in [0.25, 0.3) is 87.7 Å². The Balaban J connectivity index is 0.000000160. The number of carbonyl (C=O) groups excluding carboxylic acids is 2. The number of rotatable bonds is 16. The normalized spacial score (nSPS) is 10.9. The molecule has 2 heterocycles. The van der Waals surface area contributed by atoms with Crippen LogP contribution in [0.4, 0.5) is 77.0 Å². The Hall–Kier alpha value is -13.7. The van der Waals surface area contributed by atoms with Crippen molar-refractivity contribution in [2.75, 3.05) is 19.6 Å². The maximum atomic E-state index is 13.8. The summed E-state index contributed by atoms with van der Waals surface area (Å²) in [4.78, 5) is 49.4. The van der Waals surface area contributed by atoms with Crippen LogP contribution in [-0.4, -0.2) is 31.5 Å². The van der Waals surface area contributed by atoms with E-state index in [0.717, 1.165) is 145 Å². The topological polar surface area (TPSA) is 98.7 Å². The maximum absolute atomic E-state index is 13.8. The zero-order chi connectivity index (χ0) is 74.2. The monoisotopic (exact) mass is 1610 g/mol. The van der Waals surface area contributed by atoms with Gasteiger partial charge < -0.3 is 29.6 Å². The minimum atomic E-state index is -0.289. The molecule has 110 heavy (non-hydrogen) atoms. The van der Waals surface area contributed by atoms with Gasteiger partial charge in [0.15, 0.2) is 0 Å². The quantitative estimate of drug-likeness (QED) is 0.0528. The molecule has 0 aliphatic carbocycles. The number of benzene rings is 16. The summed E-state index contributed by atoms with van der Waals surface area (Å²) in [5.41, 5.74) is 18.4. The van der Waals surface area contributed by atoms with E-state index in [2.05, 4.69) is 274 Å². The largest absolute Gasteiger partial charge is 3.00 e. The van der Waals surface area contributed by atoms with Crippen molar-refractivity contribution in [3.05, 3.63) is 388 Å². The third kappa shape index (κ3) is 15.2. The number of anilines is 12. The number of ketones is 2. The van der Waals surface area contributed by atoms with Gasteiger partial charge in [-0.25, -0.2) is 8.78 Å². The Kier molecular flexibility index (Phi) is 21.3. The zero-order valence-corrected chi connectivity index (χ0v) is 62.2. The van der Waals surface area contributed by atoms with Gasteiger partial charge in [0.2, 0.25) is 0 Å². The first-order valence-electron chi connectivity index (χ1n) is 35.8. The van der Waals surface area contributed by atoms with Crippen molar-refractivity contribution in [2.45, 2.75) is 20.3 Å². The number of carbonyl (C=O) groups is 2. The van der Waals surface area contributed by atoms with Crippen LogP contribution in [-0.2, 0) is 29.7 Å². The molecule has 530 valence electrons. The molecule has 0 unspecified atom stereocenters. The molecule has 10 nitrogen and oxygen atoms in total. The van der Waals surface area contributed by atoms with Gasteiger partial charge in [0, 0.05) is 91.4 Å². The average Bonchev–Trinajstić information content (AvgIpc) is 0.734. The van der Waals surface area contributed by atoms with Gasteiger partial charge in [-0.05, 0) is 217 Å². The van der Waals surface area contributed by atoms with Gasteiger partial charge in [0.25, 0.3) is 0 Å². The standard InChI is InChI=1S/2C46H30FN4.C5H8O2.Ir/c2*47-33-23-21-32(22-24-33)44-31-48-45-40-27-25-38(50(34-13-5-1-6-14-34)35-15-7-2-8-16-35)29-42(40)43-30-39(26-28-41(43)46(45)49-44)51(36-17-9-3-10-18-36)37-19-11-4-12-20-37;1-4(6)3-5(2)7;/h2*1-26,28-31H;3H2,1-2H3;/q2*-1;;+3. The van der Waals surface area contributed by atoms with E-state index < -0.39 is 0 Å². The van der Waals surface area contributed by atoms with E-state index >= 15 is 0 Å². The van der Waals surface area contributed by atoms with E-state index in [1.54, 1.807) is 36.7 Å². The number of Topliss-reactive ketones (excluding diaryl/α,β-unsaturated/α-hetero) is 2. The summed E-state index contributed by atoms with van der Waals surface area (Å²) in [6.45, 7) is 2.81. The average molecular weight is 1610 g/mol. The Morgan fingerprint density at radius 3 is 0.800 bits per heavy atom. The Labute approximate surface area is 649 Å². The Morgan fingerprint density at radius 2 is 0.545 bits per heavy atom. The first-order valence-corrected chi connectivity index (χ1v) is 35.8. The number of aromatic nitrogens is 4. The van der Waals surface area contributed by atoms with Crippen LogP contribution in [0.2, 0.25) is 0 Å². The molecule has 0 aliphatic heterocycles. The third-order valence-electron chi connectivity index (χ3n) is 18.9. The molecule has 0 saturated heterocycles. The van der Waals surface area contributed by atoms with Gasteiger partial charge in [-0.3, -0.25) is 19.6 Å². The maximum Gasteiger partial charge on any atom is 3.00 e. The molecule has 0 spiro atoms. The van der Waals surface area contributed by atoms with Crippen LogP contribution < -0.4 is 19.6 Å². The molecule has 13 heteroatoms. The van der Waals surface area contributed by atoms with E-state index in [0.29, 0.717) is 11.4 Å². The zero-order valence-electron chi connectivity index (χ0n) is 59.8. The van der Waals surface area contributed by atoms with E-state index in [1.165, 1.54) is 38.1 Å². The van der Waals surface area contributed by atoms with E-state index in [9.17, 15) is 18.4 Å². The first-order chi connectivity index (χ1) is 53.5. The van der Waals surface area contributed by atoms with Crippen LogP contribution in [0.1, 0.15) is 20.3 Å². The van der Waals surface area contributed by atoms with E-state index in [4.69, 9.17) is 19.9 Å². The van der Waals surface area contributed by atoms with Crippen LogP contribution in [0.3, 0.4) is 0 Å². The van der Waals surface area contributed by atoms with Crippen molar-refractivity contribution in [2.24, 2.45) is 0 Å². The third-order valence-corrected chi connectivity index (χ3v) is 18.9. The van der Waals surface area contributed by atoms with Crippen LogP contribution in [0.15, 0.2) is 364 Å². The molecule has 0 atom stereocenters. The number of hydrogen-bond acceptors (Lipinski definition) is 10. The van der Waals surface area contributed by atoms with Gasteiger partial charge in [0.05, 0.1) is 28.8 Å². The molecule has 0 bridgehead atoms. The molecule has 16 aromatic carbocycles. The second-order valence-corrected chi connectivity index (χ2v) is 26.3. The SMILES string of the molecule is CC(=O)CC(C)=O.Fc1ccc(-c2cnc3c4[c-]cc(N(c5ccccc5)c5ccccc5)cc4c4cc(N(c5ccccc5)c5ccccc5)ccc4c3n2)cc1.Fc1ccc(-c2cnc3c4[c-]cc(N(c5ccccc5)c5ccccc5)cc4c4cc(N(c5ccccc5)c5ccccc5)ccc4c3n2)cc1.[Ir+3]. The second-order valence-electron chi connectivity index (χ2n) is 26.3. The minimum absolute atomic E-state index is 0. The fraction of sp³-hybridized carbons (Fsp3) is 0.0309. The summed E-state index contributed by atoms with van der Waals surface area (Å²) in [6, 6.07) is 125. The summed E-state index contributed by atoms with van der Waals surface area (Å²) in [5, 5.41) is 7.77. The predicted molar refractivity (Wildman–Crippen MR) is 442 cm³/mol. The number of nitrogens with zero attached hydrogens (tertiary/aromatic N) is 8. The Bertz CT molecular complexity index is 5740. The molecule has 0 fully saturated rings. The molecule has 18 rings (SSSR count). The molecule has 2 aromatic heterocycles. The molecule has 0 saturated carbocycles. The van der Waals surface area contributed by atoms with Gasteiger partial charge in [0.1, 0.15) is 23.2 Å². The van der Waals surface area contributed by atoms with Crippen molar-refractivity contribution in [3.8, 4) is 22.5 Å².